The summed E-state index contributed by atoms with van der Waals surface area (Å²) in [4.78, 5) is 4.85. The summed E-state index contributed by atoms with van der Waals surface area (Å²) in [6, 6.07) is 1.98. The first-order valence-corrected chi connectivity index (χ1v) is 6.89. The maximum atomic E-state index is 5.79. The summed E-state index contributed by atoms with van der Waals surface area (Å²) in [5.41, 5.74) is 9.75. The van der Waals surface area contributed by atoms with Crippen LogP contribution >= 0.6 is 12.2 Å². The van der Waals surface area contributed by atoms with E-state index in [1.807, 2.05) is 43.9 Å². The average molecular weight is 289 g/mol. The van der Waals surface area contributed by atoms with E-state index < -0.39 is 0 Å². The third kappa shape index (κ3) is 3.33. The molecule has 0 aliphatic heterocycles. The van der Waals surface area contributed by atoms with E-state index >= 15 is 0 Å². The van der Waals surface area contributed by atoms with Crippen molar-refractivity contribution in [1.29, 1.82) is 0 Å². The Morgan fingerprint density at radius 3 is 2.75 bits per heavy atom. The van der Waals surface area contributed by atoms with E-state index in [0.29, 0.717) is 11.5 Å². The summed E-state index contributed by atoms with van der Waals surface area (Å²) in [5, 5.41) is 7.54. The van der Waals surface area contributed by atoms with Crippen molar-refractivity contribution in [2.45, 2.75) is 27.3 Å². The normalized spacial score (nSPS) is 10.6. The van der Waals surface area contributed by atoms with Crippen LogP contribution in [0.25, 0.3) is 0 Å². The molecular weight excluding hydrogens is 270 g/mol. The van der Waals surface area contributed by atoms with Crippen molar-refractivity contribution in [1.82, 2.24) is 14.8 Å². The molecule has 2 aromatic rings. The summed E-state index contributed by atoms with van der Waals surface area (Å²) in [6.45, 7) is 7.45. The van der Waals surface area contributed by atoms with Crippen molar-refractivity contribution in [2.75, 3.05) is 11.9 Å². The summed E-state index contributed by atoms with van der Waals surface area (Å²) in [7, 11) is 0. The average Bonchev–Trinajstić information content (AvgIpc) is 2.73. The van der Waals surface area contributed by atoms with Crippen LogP contribution in [0.4, 0.5) is 5.82 Å². The second-order valence-corrected chi connectivity index (χ2v) is 5.32. The molecule has 0 saturated carbocycles. The predicted molar refractivity (Wildman–Crippen MR) is 85.1 cm³/mol. The zero-order valence-electron chi connectivity index (χ0n) is 12.0. The van der Waals surface area contributed by atoms with E-state index in [-0.39, 0.29) is 0 Å². The van der Waals surface area contributed by atoms with Gasteiger partial charge in [0.15, 0.2) is 0 Å². The minimum atomic E-state index is 0.368. The number of pyridine rings is 1. The molecule has 0 radical (unpaired) electrons. The number of aromatic nitrogens is 3. The second-order valence-electron chi connectivity index (χ2n) is 4.88. The molecule has 0 aliphatic rings. The predicted octanol–water partition coefficient (Wildman–Crippen LogP) is 1.95. The minimum Gasteiger partial charge on any atom is -0.389 e. The van der Waals surface area contributed by atoms with E-state index in [0.717, 1.165) is 34.7 Å². The monoisotopic (exact) mass is 289 g/mol. The van der Waals surface area contributed by atoms with Crippen molar-refractivity contribution in [3.05, 3.63) is 40.8 Å². The van der Waals surface area contributed by atoms with Crippen LogP contribution in [0.5, 0.6) is 0 Å². The van der Waals surface area contributed by atoms with Crippen molar-refractivity contribution in [2.24, 2.45) is 5.73 Å². The maximum Gasteiger partial charge on any atom is 0.136 e. The number of thiocarbonyl (C=S) groups is 1. The van der Waals surface area contributed by atoms with Crippen molar-refractivity contribution >= 4 is 23.0 Å². The molecule has 6 heteroatoms. The molecule has 0 unspecified atom stereocenters. The van der Waals surface area contributed by atoms with Crippen molar-refractivity contribution in [3.63, 3.8) is 0 Å². The number of nitrogens with zero attached hydrogens (tertiary/aromatic N) is 3. The van der Waals surface area contributed by atoms with Gasteiger partial charge in [-0.2, -0.15) is 5.10 Å². The van der Waals surface area contributed by atoms with Gasteiger partial charge in [0.2, 0.25) is 0 Å². The lowest BCUT2D eigenvalue weighted by molar-refractivity contribution is 0.636. The van der Waals surface area contributed by atoms with Crippen LogP contribution in [0.2, 0.25) is 0 Å². The van der Waals surface area contributed by atoms with E-state index in [4.69, 9.17) is 18.0 Å². The van der Waals surface area contributed by atoms with Crippen LogP contribution in [0.3, 0.4) is 0 Å². The highest BCUT2D eigenvalue weighted by Crippen LogP contribution is 2.18. The first kappa shape index (κ1) is 14.5. The largest absolute Gasteiger partial charge is 0.389 e. The Bertz CT molecular complexity index is 632. The molecule has 5 nitrogen and oxygen atoms in total. The Kier molecular flexibility index (Phi) is 4.34. The van der Waals surface area contributed by atoms with E-state index in [9.17, 15) is 0 Å². The number of nitrogens with one attached hydrogen (secondary N) is 1. The van der Waals surface area contributed by atoms with Crippen LogP contribution in [-0.4, -0.2) is 26.3 Å². The van der Waals surface area contributed by atoms with Gasteiger partial charge < -0.3 is 11.1 Å². The molecule has 0 amide bonds. The molecule has 0 aliphatic carbocycles. The lowest BCUT2D eigenvalue weighted by Crippen LogP contribution is -2.19. The molecule has 3 N–H and O–H groups in total. The van der Waals surface area contributed by atoms with Gasteiger partial charge >= 0.3 is 0 Å². The third-order valence-electron chi connectivity index (χ3n) is 2.99. The molecule has 0 saturated heterocycles. The van der Waals surface area contributed by atoms with Crippen molar-refractivity contribution in [3.8, 4) is 0 Å². The fraction of sp³-hybridized carbons (Fsp3) is 0.357. The summed E-state index contributed by atoms with van der Waals surface area (Å²) >= 11 is 5.11. The van der Waals surface area contributed by atoms with Crippen molar-refractivity contribution < 1.29 is 0 Å². The molecule has 0 fully saturated rings. The third-order valence-corrected chi connectivity index (χ3v) is 3.19. The van der Waals surface area contributed by atoms with E-state index in [2.05, 4.69) is 15.4 Å². The van der Waals surface area contributed by atoms with Crippen LogP contribution in [0.15, 0.2) is 18.5 Å². The van der Waals surface area contributed by atoms with Crippen LogP contribution in [0.1, 0.15) is 22.4 Å². The van der Waals surface area contributed by atoms with Gasteiger partial charge in [-0.3, -0.25) is 4.68 Å². The summed E-state index contributed by atoms with van der Waals surface area (Å²) in [6.07, 6.45) is 3.85. The molecule has 0 aromatic carbocycles. The Morgan fingerprint density at radius 2 is 2.15 bits per heavy atom. The smallest absolute Gasteiger partial charge is 0.136 e. The van der Waals surface area contributed by atoms with Gasteiger partial charge in [0.05, 0.1) is 18.3 Å². The summed E-state index contributed by atoms with van der Waals surface area (Å²) in [5.74, 6) is 0.749. The zero-order valence-corrected chi connectivity index (χ0v) is 12.8. The van der Waals surface area contributed by atoms with Gasteiger partial charge in [-0.25, -0.2) is 4.98 Å². The van der Waals surface area contributed by atoms with E-state index in [1.54, 1.807) is 0 Å². The Morgan fingerprint density at radius 1 is 1.40 bits per heavy atom. The molecule has 20 heavy (non-hydrogen) atoms. The topological polar surface area (TPSA) is 68.8 Å². The fourth-order valence-electron chi connectivity index (χ4n) is 2.15. The molecule has 2 heterocycles. The number of hydrogen-bond acceptors (Lipinski definition) is 4. The quantitative estimate of drug-likeness (QED) is 0.823. The second kappa shape index (κ2) is 6.00. The first-order valence-electron chi connectivity index (χ1n) is 6.48. The highest BCUT2D eigenvalue weighted by atomic mass is 32.1. The minimum absolute atomic E-state index is 0.368. The van der Waals surface area contributed by atoms with Gasteiger partial charge in [0.1, 0.15) is 10.8 Å². The maximum absolute atomic E-state index is 5.79. The highest BCUT2D eigenvalue weighted by Gasteiger charge is 2.11. The number of nitrogens with two attached hydrogens (primary N) is 1. The van der Waals surface area contributed by atoms with Gasteiger partial charge in [0, 0.05) is 18.4 Å². The Hall–Kier alpha value is -1.95. The molecule has 0 spiro atoms. The SMILES string of the molecule is Cc1cnn(CCNc2nc(C)cc(C)c2C(N)=S)c1. The fourth-order valence-corrected chi connectivity index (χ4v) is 2.41. The zero-order chi connectivity index (χ0) is 14.7. The molecule has 2 aromatic heterocycles. The lowest BCUT2D eigenvalue weighted by atomic mass is 10.1. The van der Waals surface area contributed by atoms with Gasteiger partial charge in [-0.05, 0) is 38.0 Å². The molecule has 106 valence electrons. The number of hydrogen-bond donors (Lipinski definition) is 2. The first-order chi connectivity index (χ1) is 9.47. The van der Waals surface area contributed by atoms with Crippen LogP contribution < -0.4 is 11.1 Å². The number of aryl methyl sites for hydroxylation is 3. The standard InChI is InChI=1S/C14H19N5S/c1-9-7-17-19(8-9)5-4-16-14-12(13(15)20)10(2)6-11(3)18-14/h6-8H,4-5H2,1-3H3,(H2,15,20)(H,16,18). The van der Waals surface area contributed by atoms with Crippen LogP contribution in [-0.2, 0) is 6.54 Å². The number of rotatable bonds is 5. The summed E-state index contributed by atoms with van der Waals surface area (Å²) < 4.78 is 1.89. The van der Waals surface area contributed by atoms with Gasteiger partial charge in [-0.15, -0.1) is 0 Å². The number of anilines is 1. The van der Waals surface area contributed by atoms with Gasteiger partial charge in [0.25, 0.3) is 0 Å². The molecule has 0 bridgehead atoms. The molecule has 0 atom stereocenters. The van der Waals surface area contributed by atoms with E-state index in [1.165, 1.54) is 0 Å². The molecular formula is C14H19N5S. The lowest BCUT2D eigenvalue weighted by Gasteiger charge is -2.13. The Labute approximate surface area is 124 Å². The molecule has 2 rings (SSSR count). The highest BCUT2D eigenvalue weighted by molar-refractivity contribution is 7.80. The Balaban J connectivity index is 2.10. The van der Waals surface area contributed by atoms with Gasteiger partial charge in [-0.1, -0.05) is 12.2 Å². The van der Waals surface area contributed by atoms with Crippen LogP contribution in [0, 0.1) is 20.8 Å².